The highest BCUT2D eigenvalue weighted by Crippen LogP contribution is 2.26. The summed E-state index contributed by atoms with van der Waals surface area (Å²) in [5, 5.41) is 0. The number of methoxy groups -OCH3 is 1. The molecule has 0 amide bonds. The summed E-state index contributed by atoms with van der Waals surface area (Å²) in [7, 11) is 1.68. The smallest absolute Gasteiger partial charge is 0.125 e. The Labute approximate surface area is 131 Å². The van der Waals surface area contributed by atoms with Gasteiger partial charge < -0.3 is 14.2 Å². The van der Waals surface area contributed by atoms with Crippen LogP contribution in [0.1, 0.15) is 32.6 Å². The molecule has 0 spiro atoms. The third kappa shape index (κ3) is 3.33. The quantitative estimate of drug-likeness (QED) is 0.731. The highest BCUT2D eigenvalue weighted by molar-refractivity contribution is 6.16. The van der Waals surface area contributed by atoms with Crippen molar-refractivity contribution in [2.24, 2.45) is 0 Å². The fraction of sp³-hybridized carbons (Fsp3) is 0.562. The maximum Gasteiger partial charge on any atom is 0.125 e. The van der Waals surface area contributed by atoms with E-state index in [0.717, 1.165) is 42.2 Å². The summed E-state index contributed by atoms with van der Waals surface area (Å²) in [5.41, 5.74) is 2.06. The largest absolute Gasteiger partial charge is 0.497 e. The molecule has 0 fully saturated rings. The number of alkyl halides is 1. The summed E-state index contributed by atoms with van der Waals surface area (Å²) in [5.74, 6) is 2.18. The Kier molecular flexibility index (Phi) is 5.48. The van der Waals surface area contributed by atoms with Crippen LogP contribution in [0.25, 0.3) is 11.0 Å². The summed E-state index contributed by atoms with van der Waals surface area (Å²) in [6, 6.07) is 6.28. The van der Waals surface area contributed by atoms with Crippen molar-refractivity contribution in [3.8, 4) is 5.75 Å². The molecule has 21 heavy (non-hydrogen) atoms. The van der Waals surface area contributed by atoms with E-state index in [1.165, 1.54) is 0 Å². The Morgan fingerprint density at radius 2 is 2.05 bits per heavy atom. The molecule has 0 saturated heterocycles. The predicted octanol–water partition coefficient (Wildman–Crippen LogP) is 3.69. The van der Waals surface area contributed by atoms with E-state index < -0.39 is 0 Å². The molecule has 2 aromatic rings. The van der Waals surface area contributed by atoms with Crippen LogP contribution in [0.15, 0.2) is 18.2 Å². The molecule has 0 aliphatic rings. The van der Waals surface area contributed by atoms with E-state index in [0.29, 0.717) is 11.9 Å². The van der Waals surface area contributed by atoms with E-state index >= 15 is 0 Å². The fourth-order valence-electron chi connectivity index (χ4n) is 2.77. The minimum Gasteiger partial charge on any atom is -0.497 e. The number of hydrogen-bond acceptors (Lipinski definition) is 3. The van der Waals surface area contributed by atoms with E-state index in [9.17, 15) is 0 Å². The molecule has 1 aromatic heterocycles. The van der Waals surface area contributed by atoms with Crippen LogP contribution in [0.5, 0.6) is 5.75 Å². The van der Waals surface area contributed by atoms with Gasteiger partial charge in [-0.2, -0.15) is 0 Å². The zero-order valence-electron chi connectivity index (χ0n) is 13.3. The molecule has 1 unspecified atom stereocenters. The van der Waals surface area contributed by atoms with Crippen LogP contribution >= 0.6 is 11.6 Å². The second kappa shape index (κ2) is 7.14. The van der Waals surface area contributed by atoms with Crippen molar-refractivity contribution in [3.05, 3.63) is 24.0 Å². The normalized spacial score (nSPS) is 13.0. The molecule has 5 heteroatoms. The molecular weight excluding hydrogens is 286 g/mol. The number of ether oxygens (including phenoxy) is 1. The lowest BCUT2D eigenvalue weighted by atomic mass is 10.2. The minimum absolute atomic E-state index is 0.316. The van der Waals surface area contributed by atoms with Crippen molar-refractivity contribution in [1.29, 1.82) is 0 Å². The third-order valence-corrected chi connectivity index (χ3v) is 4.19. The zero-order chi connectivity index (χ0) is 15.4. The van der Waals surface area contributed by atoms with Crippen molar-refractivity contribution in [1.82, 2.24) is 14.5 Å². The van der Waals surface area contributed by atoms with Gasteiger partial charge in [-0.3, -0.25) is 0 Å². The maximum absolute atomic E-state index is 6.10. The lowest BCUT2D eigenvalue weighted by molar-refractivity contribution is 0.261. The lowest BCUT2D eigenvalue weighted by Gasteiger charge is -2.25. The number of imidazole rings is 1. The predicted molar refractivity (Wildman–Crippen MR) is 88.3 cm³/mol. The van der Waals surface area contributed by atoms with Gasteiger partial charge in [-0.15, -0.1) is 11.6 Å². The highest BCUT2D eigenvalue weighted by Gasteiger charge is 2.17. The Morgan fingerprint density at radius 1 is 1.33 bits per heavy atom. The van der Waals surface area contributed by atoms with Crippen molar-refractivity contribution in [2.45, 2.75) is 32.7 Å². The Bertz CT molecular complexity index is 592. The molecule has 116 valence electrons. The first-order valence-electron chi connectivity index (χ1n) is 7.47. The van der Waals surface area contributed by atoms with Crippen molar-refractivity contribution in [2.75, 3.05) is 26.7 Å². The summed E-state index contributed by atoms with van der Waals surface area (Å²) >= 11 is 6.10. The van der Waals surface area contributed by atoms with Gasteiger partial charge in [0.05, 0.1) is 24.0 Å². The molecular formula is C16H24ClN3O. The first-order chi connectivity index (χ1) is 10.1. The molecule has 1 aromatic carbocycles. The van der Waals surface area contributed by atoms with Gasteiger partial charge >= 0.3 is 0 Å². The molecule has 1 heterocycles. The maximum atomic E-state index is 6.10. The number of aromatic nitrogens is 2. The fourth-order valence-corrected chi connectivity index (χ4v) is 2.96. The van der Waals surface area contributed by atoms with Crippen LogP contribution in [-0.2, 0) is 5.88 Å². The Hall–Kier alpha value is -1.26. The van der Waals surface area contributed by atoms with E-state index in [-0.39, 0.29) is 0 Å². The number of nitrogens with zero attached hydrogens (tertiary/aromatic N) is 3. The first kappa shape index (κ1) is 16.1. The molecule has 0 radical (unpaired) electrons. The number of likely N-dealkylation sites (N-methyl/N-ethyl adjacent to an activating group) is 1. The van der Waals surface area contributed by atoms with Crippen LogP contribution in [-0.4, -0.2) is 41.2 Å². The standard InChI is InChI=1S/C16H24ClN3O/c1-5-19(6-2)11-12(3)20-15-9-13(21-4)7-8-14(15)18-16(20)10-17/h7-9,12H,5-6,10-11H2,1-4H3. The van der Waals surface area contributed by atoms with E-state index in [2.05, 4.69) is 35.2 Å². The summed E-state index contributed by atoms with van der Waals surface area (Å²) in [6.07, 6.45) is 0. The monoisotopic (exact) mass is 309 g/mol. The van der Waals surface area contributed by atoms with Crippen LogP contribution in [0.3, 0.4) is 0 Å². The molecule has 4 nitrogen and oxygen atoms in total. The van der Waals surface area contributed by atoms with Gasteiger partial charge in [0.15, 0.2) is 0 Å². The van der Waals surface area contributed by atoms with Crippen LogP contribution in [0.4, 0.5) is 0 Å². The molecule has 0 saturated carbocycles. The van der Waals surface area contributed by atoms with Gasteiger partial charge in [-0.1, -0.05) is 13.8 Å². The molecule has 0 aliphatic heterocycles. The van der Waals surface area contributed by atoms with Crippen molar-refractivity contribution >= 4 is 22.6 Å². The zero-order valence-corrected chi connectivity index (χ0v) is 14.0. The van der Waals surface area contributed by atoms with Gasteiger partial charge in [0.25, 0.3) is 0 Å². The Morgan fingerprint density at radius 3 is 2.62 bits per heavy atom. The van der Waals surface area contributed by atoms with E-state index in [1.54, 1.807) is 7.11 Å². The van der Waals surface area contributed by atoms with Crippen molar-refractivity contribution in [3.63, 3.8) is 0 Å². The van der Waals surface area contributed by atoms with Gasteiger partial charge in [0, 0.05) is 18.7 Å². The van der Waals surface area contributed by atoms with Gasteiger partial charge in [0.1, 0.15) is 11.6 Å². The number of halogens is 1. The van der Waals surface area contributed by atoms with Gasteiger partial charge in [-0.25, -0.2) is 4.98 Å². The average Bonchev–Trinajstić information content (AvgIpc) is 2.89. The molecule has 0 bridgehead atoms. The Balaban J connectivity index is 2.44. The molecule has 1 atom stereocenters. The summed E-state index contributed by atoms with van der Waals surface area (Å²) < 4.78 is 7.58. The lowest BCUT2D eigenvalue weighted by Crippen LogP contribution is -2.30. The highest BCUT2D eigenvalue weighted by atomic mass is 35.5. The number of hydrogen-bond donors (Lipinski definition) is 0. The average molecular weight is 310 g/mol. The van der Waals surface area contributed by atoms with Crippen LogP contribution in [0, 0.1) is 0 Å². The molecule has 0 aliphatic carbocycles. The van der Waals surface area contributed by atoms with Crippen LogP contribution in [0.2, 0.25) is 0 Å². The first-order valence-corrected chi connectivity index (χ1v) is 8.01. The molecule has 0 N–H and O–H groups in total. The van der Waals surface area contributed by atoms with Gasteiger partial charge in [0.2, 0.25) is 0 Å². The minimum atomic E-state index is 0.316. The number of benzene rings is 1. The number of fused-ring (bicyclic) bond motifs is 1. The van der Waals surface area contributed by atoms with E-state index in [4.69, 9.17) is 16.3 Å². The third-order valence-electron chi connectivity index (χ3n) is 3.95. The van der Waals surface area contributed by atoms with Crippen LogP contribution < -0.4 is 4.74 Å². The summed E-state index contributed by atoms with van der Waals surface area (Å²) in [6.45, 7) is 9.68. The molecule has 2 rings (SSSR count). The second-order valence-corrected chi connectivity index (χ2v) is 5.49. The SMILES string of the molecule is CCN(CC)CC(C)n1c(CCl)nc2ccc(OC)cc21. The van der Waals surface area contributed by atoms with E-state index in [1.807, 2.05) is 18.2 Å². The second-order valence-electron chi connectivity index (χ2n) is 5.22. The van der Waals surface area contributed by atoms with Gasteiger partial charge in [-0.05, 0) is 32.1 Å². The number of rotatable bonds is 7. The topological polar surface area (TPSA) is 30.3 Å². The summed E-state index contributed by atoms with van der Waals surface area (Å²) in [4.78, 5) is 7.05. The van der Waals surface area contributed by atoms with Crippen molar-refractivity contribution < 1.29 is 4.74 Å².